The number of hydrogen-bond donors (Lipinski definition) is 0. The molecule has 0 bridgehead atoms. The van der Waals surface area contributed by atoms with Crippen LogP contribution in [0.4, 0.5) is 0 Å². The van der Waals surface area contributed by atoms with Gasteiger partial charge in [-0.2, -0.15) is 0 Å². The molecule has 5 heteroatoms. The van der Waals surface area contributed by atoms with E-state index in [-0.39, 0.29) is 24.6 Å². The molecule has 2 rings (SSSR count). The van der Waals surface area contributed by atoms with Crippen molar-refractivity contribution in [1.82, 2.24) is 0 Å². The second-order valence-corrected chi connectivity index (χ2v) is 6.05. The Kier molecular flexibility index (Phi) is 7.05. The van der Waals surface area contributed by atoms with Gasteiger partial charge >= 0.3 is 0 Å². The summed E-state index contributed by atoms with van der Waals surface area (Å²) in [7, 11) is 2.87. The van der Waals surface area contributed by atoms with E-state index in [0.717, 1.165) is 0 Å². The Bertz CT molecular complexity index is 789. The third-order valence-corrected chi connectivity index (χ3v) is 4.22. The van der Waals surface area contributed by atoms with E-state index in [9.17, 15) is 9.59 Å². The molecule has 0 radical (unpaired) electrons. The fourth-order valence-corrected chi connectivity index (χ4v) is 2.66. The van der Waals surface area contributed by atoms with Crippen LogP contribution in [0.2, 0.25) is 0 Å². The van der Waals surface area contributed by atoms with Gasteiger partial charge in [0.25, 0.3) is 5.79 Å². The van der Waals surface area contributed by atoms with Crippen molar-refractivity contribution in [2.75, 3.05) is 20.8 Å². The predicted octanol–water partition coefficient (Wildman–Crippen LogP) is 3.93. The van der Waals surface area contributed by atoms with E-state index in [1.807, 2.05) is 18.2 Å². The molecule has 0 atom stereocenters. The van der Waals surface area contributed by atoms with Gasteiger partial charge in [-0.25, -0.2) is 0 Å². The first-order valence-corrected chi connectivity index (χ1v) is 8.56. The van der Waals surface area contributed by atoms with E-state index in [2.05, 4.69) is 6.58 Å². The van der Waals surface area contributed by atoms with Crippen molar-refractivity contribution in [3.05, 3.63) is 77.9 Å². The molecule has 0 aromatic heterocycles. The zero-order valence-corrected chi connectivity index (χ0v) is 15.9. The van der Waals surface area contributed by atoms with Gasteiger partial charge in [-0.05, 0) is 36.8 Å². The number of methoxy groups -OCH3 is 2. The zero-order valence-electron chi connectivity index (χ0n) is 15.9. The van der Waals surface area contributed by atoms with Crippen molar-refractivity contribution in [2.45, 2.75) is 19.1 Å². The molecule has 5 nitrogen and oxygen atoms in total. The van der Waals surface area contributed by atoms with Gasteiger partial charge in [0.05, 0.1) is 6.61 Å². The Hall–Kier alpha value is -2.76. The Balaban J connectivity index is 2.14. The maximum absolute atomic E-state index is 13.1. The number of carbonyl (C=O) groups is 2. The highest BCUT2D eigenvalue weighted by Crippen LogP contribution is 2.30. The van der Waals surface area contributed by atoms with Crippen LogP contribution in [-0.4, -0.2) is 32.4 Å². The molecule has 2 aromatic carbocycles. The lowest BCUT2D eigenvalue weighted by Crippen LogP contribution is -2.39. The summed E-state index contributed by atoms with van der Waals surface area (Å²) in [5.41, 5.74) is 1.54. The first-order valence-electron chi connectivity index (χ1n) is 8.56. The Morgan fingerprint density at radius 1 is 0.963 bits per heavy atom. The van der Waals surface area contributed by atoms with Crippen LogP contribution in [-0.2, 0) is 20.1 Å². The maximum atomic E-state index is 13.1. The van der Waals surface area contributed by atoms with Crippen LogP contribution < -0.4 is 4.74 Å². The number of hydrogen-bond acceptors (Lipinski definition) is 5. The first kappa shape index (κ1) is 20.6. The lowest BCUT2D eigenvalue weighted by Gasteiger charge is -2.29. The standard InChI is InChI=1S/C22H24O5/c1-16(2)20(23)14-15-27-19-12-10-17(11-13-19)21(24)22(25-3,26-4)18-8-6-5-7-9-18/h5-13H,1,14-15H2,2-4H3. The van der Waals surface area contributed by atoms with Crippen molar-refractivity contribution >= 4 is 11.6 Å². The zero-order chi connectivity index (χ0) is 19.9. The van der Waals surface area contributed by atoms with E-state index in [0.29, 0.717) is 22.4 Å². The van der Waals surface area contributed by atoms with E-state index in [1.54, 1.807) is 43.3 Å². The summed E-state index contributed by atoms with van der Waals surface area (Å²) in [5, 5.41) is 0. The molecule has 0 unspecified atom stereocenters. The second-order valence-electron chi connectivity index (χ2n) is 6.05. The molecule has 2 aromatic rings. The number of allylic oxidation sites excluding steroid dienone is 1. The third kappa shape index (κ3) is 4.70. The normalized spacial score (nSPS) is 11.1. The van der Waals surface area contributed by atoms with Gasteiger partial charge < -0.3 is 14.2 Å². The van der Waals surface area contributed by atoms with Crippen molar-refractivity contribution in [1.29, 1.82) is 0 Å². The fourth-order valence-electron chi connectivity index (χ4n) is 2.66. The molecule has 0 aliphatic carbocycles. The quantitative estimate of drug-likeness (QED) is 0.361. The molecule has 0 amide bonds. The lowest BCUT2D eigenvalue weighted by atomic mass is 9.96. The molecule has 0 aliphatic heterocycles. The van der Waals surface area contributed by atoms with Gasteiger partial charge in [-0.1, -0.05) is 36.9 Å². The Morgan fingerprint density at radius 2 is 1.56 bits per heavy atom. The summed E-state index contributed by atoms with van der Waals surface area (Å²) in [6, 6.07) is 15.7. The van der Waals surface area contributed by atoms with Gasteiger partial charge in [-0.15, -0.1) is 0 Å². The molecule has 27 heavy (non-hydrogen) atoms. The van der Waals surface area contributed by atoms with Crippen molar-refractivity contribution in [3.63, 3.8) is 0 Å². The van der Waals surface area contributed by atoms with Crippen LogP contribution in [0.25, 0.3) is 0 Å². The van der Waals surface area contributed by atoms with E-state index in [4.69, 9.17) is 14.2 Å². The lowest BCUT2D eigenvalue weighted by molar-refractivity contribution is -0.176. The summed E-state index contributed by atoms with van der Waals surface area (Å²) in [6.45, 7) is 5.54. The molecule has 0 heterocycles. The molecule has 0 saturated heterocycles. The number of benzene rings is 2. The van der Waals surface area contributed by atoms with Crippen molar-refractivity contribution < 1.29 is 23.8 Å². The summed E-state index contributed by atoms with van der Waals surface area (Å²) < 4.78 is 16.5. The predicted molar refractivity (Wildman–Crippen MR) is 103 cm³/mol. The van der Waals surface area contributed by atoms with Crippen LogP contribution >= 0.6 is 0 Å². The number of rotatable bonds is 10. The van der Waals surface area contributed by atoms with E-state index < -0.39 is 5.79 Å². The van der Waals surface area contributed by atoms with Crippen LogP contribution in [0.5, 0.6) is 5.75 Å². The van der Waals surface area contributed by atoms with Crippen molar-refractivity contribution in [3.8, 4) is 5.75 Å². The van der Waals surface area contributed by atoms with Gasteiger partial charge in [0.2, 0.25) is 5.78 Å². The number of ketones is 2. The smallest absolute Gasteiger partial charge is 0.260 e. The molecular weight excluding hydrogens is 344 g/mol. The van der Waals surface area contributed by atoms with Gasteiger partial charge in [0.15, 0.2) is 5.78 Å². The summed E-state index contributed by atoms with van der Waals surface area (Å²) in [4.78, 5) is 24.6. The molecule has 0 aliphatic rings. The monoisotopic (exact) mass is 368 g/mol. The molecule has 0 spiro atoms. The van der Waals surface area contributed by atoms with Crippen LogP contribution in [0.15, 0.2) is 66.7 Å². The third-order valence-electron chi connectivity index (χ3n) is 4.22. The number of Topliss-reactive ketones (excluding diaryl/α,β-unsaturated/α-hetero) is 2. The maximum Gasteiger partial charge on any atom is 0.260 e. The second kappa shape index (κ2) is 9.26. The minimum absolute atomic E-state index is 0.0327. The highest BCUT2D eigenvalue weighted by Gasteiger charge is 2.41. The summed E-state index contributed by atoms with van der Waals surface area (Å²) in [5.74, 6) is -1.30. The average molecular weight is 368 g/mol. The summed E-state index contributed by atoms with van der Waals surface area (Å²) >= 11 is 0. The van der Waals surface area contributed by atoms with Gasteiger partial charge in [0, 0.05) is 31.8 Å². The van der Waals surface area contributed by atoms with Crippen LogP contribution in [0.3, 0.4) is 0 Å². The van der Waals surface area contributed by atoms with Gasteiger partial charge in [-0.3, -0.25) is 9.59 Å². The van der Waals surface area contributed by atoms with Crippen molar-refractivity contribution in [2.24, 2.45) is 0 Å². The fraction of sp³-hybridized carbons (Fsp3) is 0.273. The summed E-state index contributed by atoms with van der Waals surface area (Å²) in [6.07, 6.45) is 0.264. The molecule has 142 valence electrons. The Morgan fingerprint density at radius 3 is 2.07 bits per heavy atom. The van der Waals surface area contributed by atoms with Crippen LogP contribution in [0.1, 0.15) is 29.3 Å². The minimum atomic E-state index is -1.52. The molecular formula is C22H24O5. The van der Waals surface area contributed by atoms with Gasteiger partial charge in [0.1, 0.15) is 5.75 Å². The molecule has 0 N–H and O–H groups in total. The number of ether oxygens (including phenoxy) is 3. The molecule has 0 fully saturated rings. The molecule has 0 saturated carbocycles. The van der Waals surface area contributed by atoms with E-state index >= 15 is 0 Å². The number of carbonyl (C=O) groups excluding carboxylic acids is 2. The van der Waals surface area contributed by atoms with E-state index in [1.165, 1.54) is 14.2 Å². The topological polar surface area (TPSA) is 61.8 Å². The Labute approximate surface area is 159 Å². The van der Waals surface area contributed by atoms with Crippen LogP contribution in [0, 0.1) is 0 Å². The highest BCUT2D eigenvalue weighted by atomic mass is 16.7. The first-order chi connectivity index (χ1) is 12.9. The highest BCUT2D eigenvalue weighted by molar-refractivity contribution is 6.02. The largest absolute Gasteiger partial charge is 0.493 e. The average Bonchev–Trinajstić information content (AvgIpc) is 2.70. The SMILES string of the molecule is C=C(C)C(=O)CCOc1ccc(C(=O)C(OC)(OC)c2ccccc2)cc1. The minimum Gasteiger partial charge on any atom is -0.493 e.